The zero-order chi connectivity index (χ0) is 22.9. The van der Waals surface area contributed by atoms with E-state index in [1.54, 1.807) is 0 Å². The monoisotopic (exact) mass is 443 g/mol. The van der Waals surface area contributed by atoms with Crippen molar-refractivity contribution >= 4 is 11.6 Å². The quantitative estimate of drug-likeness (QED) is 0.283. The van der Waals surface area contributed by atoms with Crippen LogP contribution in [0.5, 0.6) is 5.75 Å². The standard InChI is InChI=1S/C24H29NO7/c1-11-3-6-14-13(9-11)5-4-12(2)17(14)20(28)18-19(27)15(10-25(31)23(18)29)24(30)8-7-16(26)21-22(24)32-21/h4-5,10-14,17,21-22,27,30-31H,3,6-9H2,1-2H3/t11-,12-,13-,14-,17-,21+,22+,24-/m1/s1. The summed E-state index contributed by atoms with van der Waals surface area (Å²) in [6, 6.07) is 0. The number of epoxide rings is 1. The number of nitrogens with zero attached hydrogens (tertiary/aromatic N) is 1. The molecule has 32 heavy (non-hydrogen) atoms. The Kier molecular flexibility index (Phi) is 4.87. The molecule has 5 rings (SSSR count). The average Bonchev–Trinajstić information content (AvgIpc) is 3.56. The van der Waals surface area contributed by atoms with Crippen LogP contribution < -0.4 is 5.56 Å². The Bertz CT molecular complexity index is 1070. The van der Waals surface area contributed by atoms with Gasteiger partial charge in [-0.1, -0.05) is 32.4 Å². The molecule has 8 nitrogen and oxygen atoms in total. The van der Waals surface area contributed by atoms with Crippen molar-refractivity contribution in [3.63, 3.8) is 0 Å². The summed E-state index contributed by atoms with van der Waals surface area (Å²) in [6.45, 7) is 4.12. The lowest BCUT2D eigenvalue weighted by Gasteiger charge is -2.42. The van der Waals surface area contributed by atoms with Crippen LogP contribution in [0.4, 0.5) is 0 Å². The minimum absolute atomic E-state index is 0.0302. The zero-order valence-corrected chi connectivity index (χ0v) is 18.2. The van der Waals surface area contributed by atoms with E-state index in [0.29, 0.717) is 5.92 Å². The Balaban J connectivity index is 1.57. The second-order valence-electron chi connectivity index (χ2n) is 10.2. The first kappa shape index (κ1) is 21.4. The number of carbonyl (C=O) groups excluding carboxylic acids is 2. The number of rotatable bonds is 3. The van der Waals surface area contributed by atoms with Crippen LogP contribution in [0.2, 0.25) is 0 Å². The van der Waals surface area contributed by atoms with E-state index in [1.807, 2.05) is 13.0 Å². The van der Waals surface area contributed by atoms with Gasteiger partial charge in [-0.2, -0.15) is 4.73 Å². The normalized spacial score (nSPS) is 40.5. The Labute approximate surface area is 185 Å². The minimum Gasteiger partial charge on any atom is -0.507 e. The minimum atomic E-state index is -1.77. The third-order valence-electron chi connectivity index (χ3n) is 8.12. The van der Waals surface area contributed by atoms with Crippen molar-refractivity contribution in [1.82, 2.24) is 4.73 Å². The highest BCUT2D eigenvalue weighted by atomic mass is 16.6. The summed E-state index contributed by atoms with van der Waals surface area (Å²) < 4.78 is 5.57. The number of hydrogen-bond acceptors (Lipinski definition) is 7. The SMILES string of the molecule is C[C@@H]1CC[C@H]2[C@H](C(=O)c3c(O)c([C@]4(O)CCC(=O)[C@@H]5O[C@@H]54)cn(O)c3=O)[C@H](C)C=C[C@@H]2C1. The van der Waals surface area contributed by atoms with Crippen molar-refractivity contribution in [2.75, 3.05) is 0 Å². The number of hydrogen-bond donors (Lipinski definition) is 3. The van der Waals surface area contributed by atoms with Crippen LogP contribution in [0, 0.1) is 29.6 Å². The largest absolute Gasteiger partial charge is 0.507 e. The van der Waals surface area contributed by atoms with E-state index in [9.17, 15) is 29.8 Å². The number of ketones is 2. The van der Waals surface area contributed by atoms with Gasteiger partial charge < -0.3 is 20.2 Å². The highest BCUT2D eigenvalue weighted by Crippen LogP contribution is 2.51. The number of allylic oxidation sites excluding steroid dienone is 2. The third-order valence-corrected chi connectivity index (χ3v) is 8.12. The van der Waals surface area contributed by atoms with Crippen molar-refractivity contribution in [1.29, 1.82) is 0 Å². The lowest BCUT2D eigenvalue weighted by Crippen LogP contribution is -2.43. The summed E-state index contributed by atoms with van der Waals surface area (Å²) in [5.41, 5.74) is -3.44. The summed E-state index contributed by atoms with van der Waals surface area (Å²) in [6.07, 6.45) is 6.31. The molecule has 0 aromatic carbocycles. The summed E-state index contributed by atoms with van der Waals surface area (Å²) in [4.78, 5) is 38.4. The molecule has 0 unspecified atom stereocenters. The van der Waals surface area contributed by atoms with Gasteiger partial charge in [-0.3, -0.25) is 14.4 Å². The van der Waals surface area contributed by atoms with Crippen LogP contribution >= 0.6 is 0 Å². The molecule has 172 valence electrons. The Morgan fingerprint density at radius 3 is 2.72 bits per heavy atom. The first-order chi connectivity index (χ1) is 15.1. The van der Waals surface area contributed by atoms with Gasteiger partial charge in [0.1, 0.15) is 29.1 Å². The fourth-order valence-electron chi connectivity index (χ4n) is 6.28. The van der Waals surface area contributed by atoms with E-state index < -0.39 is 46.4 Å². The molecule has 4 aliphatic rings. The second-order valence-corrected chi connectivity index (χ2v) is 10.2. The topological polar surface area (TPSA) is 129 Å². The number of aliphatic hydroxyl groups is 1. The maximum absolute atomic E-state index is 13.7. The van der Waals surface area contributed by atoms with Gasteiger partial charge >= 0.3 is 0 Å². The molecule has 2 heterocycles. The van der Waals surface area contributed by atoms with Gasteiger partial charge in [0.05, 0.1) is 6.20 Å². The second kappa shape index (κ2) is 7.28. The molecule has 3 fully saturated rings. The predicted molar refractivity (Wildman–Crippen MR) is 112 cm³/mol. The maximum Gasteiger partial charge on any atom is 0.297 e. The van der Waals surface area contributed by atoms with E-state index in [4.69, 9.17) is 4.74 Å². The predicted octanol–water partition coefficient (Wildman–Crippen LogP) is 2.17. The van der Waals surface area contributed by atoms with Gasteiger partial charge in [0.2, 0.25) is 0 Å². The number of fused-ring (bicyclic) bond motifs is 2. The van der Waals surface area contributed by atoms with Crippen molar-refractivity contribution in [2.45, 2.75) is 63.8 Å². The molecule has 1 aromatic heterocycles. The van der Waals surface area contributed by atoms with E-state index in [1.165, 1.54) is 0 Å². The van der Waals surface area contributed by atoms with Gasteiger partial charge in [0.25, 0.3) is 5.56 Å². The highest BCUT2D eigenvalue weighted by Gasteiger charge is 2.62. The Morgan fingerprint density at radius 2 is 1.97 bits per heavy atom. The molecule has 0 radical (unpaired) electrons. The molecule has 1 aliphatic heterocycles. The number of aromatic hydroxyl groups is 1. The van der Waals surface area contributed by atoms with Crippen LogP contribution in [-0.2, 0) is 15.1 Å². The molecule has 0 spiro atoms. The molecule has 1 aromatic rings. The molecule has 1 saturated heterocycles. The van der Waals surface area contributed by atoms with Crippen molar-refractivity contribution < 1.29 is 29.7 Å². The van der Waals surface area contributed by atoms with Gasteiger partial charge in [-0.25, -0.2) is 0 Å². The fourth-order valence-corrected chi connectivity index (χ4v) is 6.28. The van der Waals surface area contributed by atoms with Crippen LogP contribution in [-0.4, -0.2) is 43.9 Å². The lowest BCUT2D eigenvalue weighted by molar-refractivity contribution is -0.123. The molecule has 8 atom stereocenters. The van der Waals surface area contributed by atoms with E-state index in [2.05, 4.69) is 13.0 Å². The number of Topliss-reactive ketones (excluding diaryl/α,β-unsaturated/α-hetero) is 2. The van der Waals surface area contributed by atoms with E-state index in [-0.39, 0.29) is 46.7 Å². The first-order valence-electron chi connectivity index (χ1n) is 11.4. The number of pyridine rings is 1. The molecule has 8 heteroatoms. The fraction of sp³-hybridized carbons (Fsp3) is 0.625. The van der Waals surface area contributed by atoms with Crippen molar-refractivity contribution in [3.05, 3.63) is 39.8 Å². The molecular weight excluding hydrogens is 414 g/mol. The first-order valence-corrected chi connectivity index (χ1v) is 11.4. The maximum atomic E-state index is 13.7. The summed E-state index contributed by atoms with van der Waals surface area (Å²) >= 11 is 0. The van der Waals surface area contributed by atoms with E-state index in [0.717, 1.165) is 25.5 Å². The number of ether oxygens (including phenoxy) is 1. The van der Waals surface area contributed by atoms with Crippen molar-refractivity contribution in [2.24, 2.45) is 29.6 Å². The summed E-state index contributed by atoms with van der Waals surface area (Å²) in [5.74, 6) is -1.04. The van der Waals surface area contributed by atoms with Gasteiger partial charge in [0, 0.05) is 17.9 Å². The van der Waals surface area contributed by atoms with Crippen LogP contribution in [0.3, 0.4) is 0 Å². The number of aromatic nitrogens is 1. The molecular formula is C24H29NO7. The molecule has 0 bridgehead atoms. The number of carbonyl (C=O) groups is 2. The van der Waals surface area contributed by atoms with E-state index >= 15 is 0 Å². The smallest absolute Gasteiger partial charge is 0.297 e. The molecule has 3 N–H and O–H groups in total. The van der Waals surface area contributed by atoms with Gasteiger partial charge in [0.15, 0.2) is 11.6 Å². The molecule has 3 aliphatic carbocycles. The molecule has 2 saturated carbocycles. The third kappa shape index (κ3) is 3.07. The van der Waals surface area contributed by atoms with Crippen LogP contribution in [0.25, 0.3) is 0 Å². The average molecular weight is 443 g/mol. The summed E-state index contributed by atoms with van der Waals surface area (Å²) in [7, 11) is 0. The Morgan fingerprint density at radius 1 is 1.22 bits per heavy atom. The Hall–Kier alpha value is -2.45. The van der Waals surface area contributed by atoms with Crippen molar-refractivity contribution in [3.8, 4) is 5.75 Å². The lowest BCUT2D eigenvalue weighted by atomic mass is 9.61. The summed E-state index contributed by atoms with van der Waals surface area (Å²) in [5, 5.41) is 32.6. The van der Waals surface area contributed by atoms with Gasteiger partial charge in [-0.05, 0) is 42.9 Å². The zero-order valence-electron chi connectivity index (χ0n) is 18.2. The molecule has 0 amide bonds. The van der Waals surface area contributed by atoms with Gasteiger partial charge in [-0.15, -0.1) is 0 Å². The highest BCUT2D eigenvalue weighted by molar-refractivity contribution is 6.01. The van der Waals surface area contributed by atoms with Crippen LogP contribution in [0.1, 0.15) is 61.9 Å². The van der Waals surface area contributed by atoms with Crippen LogP contribution in [0.15, 0.2) is 23.1 Å².